The van der Waals surface area contributed by atoms with Gasteiger partial charge in [0.25, 0.3) is 0 Å². The van der Waals surface area contributed by atoms with Crippen molar-refractivity contribution >= 4 is 0 Å². The molecular formula is C16H25NO3. The minimum absolute atomic E-state index is 0.306. The lowest BCUT2D eigenvalue weighted by molar-refractivity contribution is -0.00239. The number of aromatic hydroxyl groups is 1. The lowest BCUT2D eigenvalue weighted by Gasteiger charge is -2.32. The van der Waals surface area contributed by atoms with Crippen LogP contribution in [0.3, 0.4) is 0 Å². The molecule has 1 aliphatic rings. The molecule has 4 heteroatoms. The molecule has 1 unspecified atom stereocenters. The second kappa shape index (κ2) is 7.50. The number of hydrogen-bond donors (Lipinski definition) is 1. The monoisotopic (exact) mass is 279 g/mol. The van der Waals surface area contributed by atoms with Gasteiger partial charge in [-0.25, -0.2) is 0 Å². The zero-order valence-corrected chi connectivity index (χ0v) is 12.5. The highest BCUT2D eigenvalue weighted by atomic mass is 16.5. The predicted molar refractivity (Wildman–Crippen MR) is 79.2 cm³/mol. The molecule has 0 amide bonds. The number of likely N-dealkylation sites (tertiary alicyclic amines) is 1. The molecule has 0 aliphatic carbocycles. The Morgan fingerprint density at radius 2 is 2.25 bits per heavy atom. The molecule has 1 aromatic carbocycles. The Balaban J connectivity index is 1.92. The van der Waals surface area contributed by atoms with E-state index in [1.54, 1.807) is 13.2 Å². The lowest BCUT2D eigenvalue weighted by Crippen LogP contribution is -2.39. The maximum absolute atomic E-state index is 10.0. The van der Waals surface area contributed by atoms with E-state index in [4.69, 9.17) is 9.47 Å². The molecule has 112 valence electrons. The summed E-state index contributed by atoms with van der Waals surface area (Å²) in [5.41, 5.74) is 0.946. The van der Waals surface area contributed by atoms with E-state index in [0.717, 1.165) is 51.1 Å². The first-order valence-corrected chi connectivity index (χ1v) is 7.42. The summed E-state index contributed by atoms with van der Waals surface area (Å²) in [5.74, 6) is 0.995. The summed E-state index contributed by atoms with van der Waals surface area (Å²) in [4.78, 5) is 2.35. The van der Waals surface area contributed by atoms with Crippen molar-refractivity contribution in [2.24, 2.45) is 0 Å². The van der Waals surface area contributed by atoms with Gasteiger partial charge in [-0.1, -0.05) is 13.0 Å². The van der Waals surface area contributed by atoms with Crippen molar-refractivity contribution in [2.45, 2.75) is 38.8 Å². The molecule has 0 saturated carbocycles. The Morgan fingerprint density at radius 3 is 2.95 bits per heavy atom. The molecule has 2 rings (SSSR count). The summed E-state index contributed by atoms with van der Waals surface area (Å²) >= 11 is 0. The molecule has 1 aliphatic heterocycles. The van der Waals surface area contributed by atoms with Crippen molar-refractivity contribution in [3.63, 3.8) is 0 Å². The molecule has 4 nitrogen and oxygen atoms in total. The van der Waals surface area contributed by atoms with Gasteiger partial charge in [-0.3, -0.25) is 4.90 Å². The van der Waals surface area contributed by atoms with Crippen molar-refractivity contribution < 1.29 is 14.6 Å². The van der Waals surface area contributed by atoms with Gasteiger partial charge >= 0.3 is 0 Å². The summed E-state index contributed by atoms with van der Waals surface area (Å²) in [6.45, 7) is 5.76. The number of nitrogens with zero attached hydrogens (tertiary/aromatic N) is 1. The Hall–Kier alpha value is -1.26. The number of phenols is 1. The van der Waals surface area contributed by atoms with E-state index in [2.05, 4.69) is 11.8 Å². The molecule has 1 aromatic rings. The van der Waals surface area contributed by atoms with E-state index in [-0.39, 0.29) is 0 Å². The molecule has 1 heterocycles. The largest absolute Gasteiger partial charge is 0.507 e. The third-order valence-electron chi connectivity index (χ3n) is 3.71. The highest BCUT2D eigenvalue weighted by molar-refractivity contribution is 5.39. The molecule has 0 aromatic heterocycles. The summed E-state index contributed by atoms with van der Waals surface area (Å²) in [7, 11) is 1.61. The van der Waals surface area contributed by atoms with Crippen LogP contribution in [0.1, 0.15) is 31.7 Å². The van der Waals surface area contributed by atoms with Crippen molar-refractivity contribution in [1.82, 2.24) is 4.90 Å². The van der Waals surface area contributed by atoms with Gasteiger partial charge in [0.1, 0.15) is 11.5 Å². The number of ether oxygens (including phenoxy) is 2. The van der Waals surface area contributed by atoms with Crippen LogP contribution < -0.4 is 4.74 Å². The van der Waals surface area contributed by atoms with E-state index in [0.29, 0.717) is 17.6 Å². The molecule has 0 bridgehead atoms. The number of benzene rings is 1. The van der Waals surface area contributed by atoms with E-state index in [1.807, 2.05) is 12.1 Å². The van der Waals surface area contributed by atoms with Gasteiger partial charge in [0.15, 0.2) is 0 Å². The van der Waals surface area contributed by atoms with Gasteiger partial charge in [0, 0.05) is 31.3 Å². The van der Waals surface area contributed by atoms with Gasteiger partial charge in [-0.05, 0) is 31.9 Å². The number of hydrogen-bond acceptors (Lipinski definition) is 4. The summed E-state index contributed by atoms with van der Waals surface area (Å²) in [6.07, 6.45) is 3.70. The Kier molecular flexibility index (Phi) is 5.68. The zero-order chi connectivity index (χ0) is 14.4. The van der Waals surface area contributed by atoms with Crippen molar-refractivity contribution in [3.8, 4) is 11.5 Å². The van der Waals surface area contributed by atoms with Crippen LogP contribution in [0, 0.1) is 0 Å². The van der Waals surface area contributed by atoms with E-state index in [1.165, 1.54) is 0 Å². The summed E-state index contributed by atoms with van der Waals surface area (Å²) in [6, 6.07) is 5.50. The van der Waals surface area contributed by atoms with Crippen LogP contribution in [0.4, 0.5) is 0 Å². The topological polar surface area (TPSA) is 41.9 Å². The second-order valence-corrected chi connectivity index (χ2v) is 5.36. The smallest absolute Gasteiger partial charge is 0.123 e. The normalized spacial score (nSPS) is 20.0. The fourth-order valence-corrected chi connectivity index (χ4v) is 2.62. The third kappa shape index (κ3) is 4.12. The van der Waals surface area contributed by atoms with Crippen LogP contribution in [0.2, 0.25) is 0 Å². The predicted octanol–water partition coefficient (Wildman–Crippen LogP) is 2.79. The average molecular weight is 279 g/mol. The molecule has 1 saturated heterocycles. The zero-order valence-electron chi connectivity index (χ0n) is 12.5. The maximum Gasteiger partial charge on any atom is 0.123 e. The highest BCUT2D eigenvalue weighted by Crippen LogP contribution is 2.26. The first-order valence-electron chi connectivity index (χ1n) is 7.42. The second-order valence-electron chi connectivity index (χ2n) is 5.36. The fourth-order valence-electron chi connectivity index (χ4n) is 2.62. The Labute approximate surface area is 121 Å². The van der Waals surface area contributed by atoms with Crippen molar-refractivity contribution in [1.29, 1.82) is 0 Å². The van der Waals surface area contributed by atoms with Gasteiger partial charge in [-0.15, -0.1) is 0 Å². The molecule has 0 radical (unpaired) electrons. The maximum atomic E-state index is 10.0. The van der Waals surface area contributed by atoms with Gasteiger partial charge in [-0.2, -0.15) is 0 Å². The van der Waals surface area contributed by atoms with Gasteiger partial charge < -0.3 is 14.6 Å². The number of piperidine rings is 1. The summed E-state index contributed by atoms with van der Waals surface area (Å²) < 4.78 is 11.0. The van der Waals surface area contributed by atoms with Crippen LogP contribution in [0.15, 0.2) is 18.2 Å². The van der Waals surface area contributed by atoms with Crippen molar-refractivity contribution in [3.05, 3.63) is 23.8 Å². The number of methoxy groups -OCH3 is 1. The fraction of sp³-hybridized carbons (Fsp3) is 0.625. The van der Waals surface area contributed by atoms with E-state index < -0.39 is 0 Å². The molecular weight excluding hydrogens is 254 g/mol. The third-order valence-corrected chi connectivity index (χ3v) is 3.71. The van der Waals surface area contributed by atoms with Crippen LogP contribution in [-0.4, -0.2) is 42.9 Å². The average Bonchev–Trinajstić information content (AvgIpc) is 2.47. The van der Waals surface area contributed by atoms with E-state index in [9.17, 15) is 5.11 Å². The molecule has 1 atom stereocenters. The van der Waals surface area contributed by atoms with Crippen LogP contribution in [0.25, 0.3) is 0 Å². The van der Waals surface area contributed by atoms with Gasteiger partial charge in [0.2, 0.25) is 0 Å². The molecule has 1 N–H and O–H groups in total. The first kappa shape index (κ1) is 15.1. The minimum Gasteiger partial charge on any atom is -0.507 e. The standard InChI is InChI=1S/C16H25NO3/c1-3-9-20-15-5-4-8-17(12-15)11-13-6-7-14(19-2)10-16(13)18/h6-7,10,15,18H,3-5,8-9,11-12H2,1-2H3. The van der Waals surface area contributed by atoms with Gasteiger partial charge in [0.05, 0.1) is 13.2 Å². The molecule has 20 heavy (non-hydrogen) atoms. The summed E-state index contributed by atoms with van der Waals surface area (Å²) in [5, 5.41) is 10.0. The highest BCUT2D eigenvalue weighted by Gasteiger charge is 2.21. The quantitative estimate of drug-likeness (QED) is 0.869. The van der Waals surface area contributed by atoms with Crippen LogP contribution >= 0.6 is 0 Å². The van der Waals surface area contributed by atoms with Crippen LogP contribution in [-0.2, 0) is 11.3 Å². The Bertz CT molecular complexity index is 422. The van der Waals surface area contributed by atoms with Crippen molar-refractivity contribution in [2.75, 3.05) is 26.8 Å². The number of phenolic OH excluding ortho intramolecular Hbond substituents is 1. The first-order chi connectivity index (χ1) is 9.72. The molecule has 1 fully saturated rings. The van der Waals surface area contributed by atoms with Crippen LogP contribution in [0.5, 0.6) is 11.5 Å². The number of rotatable bonds is 6. The minimum atomic E-state index is 0.306. The van der Waals surface area contributed by atoms with E-state index >= 15 is 0 Å². The molecule has 0 spiro atoms. The SMILES string of the molecule is CCCOC1CCCN(Cc2ccc(OC)cc2O)C1. The lowest BCUT2D eigenvalue weighted by atomic mass is 10.1. The Morgan fingerprint density at radius 1 is 1.40 bits per heavy atom.